The summed E-state index contributed by atoms with van der Waals surface area (Å²) >= 11 is 8.57. The Balaban J connectivity index is 2.04. The van der Waals surface area contributed by atoms with Crippen LogP contribution < -0.4 is 10.6 Å². The molecule has 3 nitrogen and oxygen atoms in total. The van der Waals surface area contributed by atoms with E-state index in [-0.39, 0.29) is 5.91 Å². The smallest absolute Gasteiger partial charge is 0.257 e. The van der Waals surface area contributed by atoms with Gasteiger partial charge in [-0.15, -0.1) is 0 Å². The van der Waals surface area contributed by atoms with E-state index in [9.17, 15) is 4.79 Å². The number of amides is 1. The van der Waals surface area contributed by atoms with Crippen LogP contribution in [0.2, 0.25) is 0 Å². The van der Waals surface area contributed by atoms with Gasteiger partial charge < -0.3 is 5.32 Å². The molecule has 0 aliphatic rings. The Labute approximate surface area is 144 Å². The molecule has 2 aromatic carbocycles. The maximum absolute atomic E-state index is 12.1. The summed E-state index contributed by atoms with van der Waals surface area (Å²) in [6.45, 7) is 4.23. The van der Waals surface area contributed by atoms with Crippen LogP contribution in [0.15, 0.2) is 53.0 Å². The Kier molecular flexibility index (Phi) is 5.69. The number of thiocarbonyl (C=S) groups is 1. The lowest BCUT2D eigenvalue weighted by atomic mass is 10.0. The summed E-state index contributed by atoms with van der Waals surface area (Å²) in [6.07, 6.45) is 0. The van der Waals surface area contributed by atoms with E-state index >= 15 is 0 Å². The predicted octanol–water partition coefficient (Wildman–Crippen LogP) is 4.70. The average molecular weight is 377 g/mol. The molecule has 0 radical (unpaired) electrons. The predicted molar refractivity (Wildman–Crippen MR) is 98.4 cm³/mol. The van der Waals surface area contributed by atoms with Crippen molar-refractivity contribution in [3.63, 3.8) is 0 Å². The van der Waals surface area contributed by atoms with Crippen molar-refractivity contribution in [1.29, 1.82) is 0 Å². The number of carbonyl (C=O) groups is 1. The van der Waals surface area contributed by atoms with Gasteiger partial charge >= 0.3 is 0 Å². The van der Waals surface area contributed by atoms with Crippen LogP contribution in [-0.4, -0.2) is 11.0 Å². The van der Waals surface area contributed by atoms with Crippen molar-refractivity contribution in [3.8, 4) is 0 Å². The van der Waals surface area contributed by atoms with E-state index in [1.165, 1.54) is 0 Å². The fraction of sp³-hybridized carbons (Fsp3) is 0.176. The summed E-state index contributed by atoms with van der Waals surface area (Å²) in [5, 5.41) is 6.08. The molecule has 22 heavy (non-hydrogen) atoms. The number of nitrogens with one attached hydrogen (secondary N) is 2. The van der Waals surface area contributed by atoms with Gasteiger partial charge in [0, 0.05) is 15.7 Å². The van der Waals surface area contributed by atoms with Crippen LogP contribution in [0.25, 0.3) is 0 Å². The number of hydrogen-bond acceptors (Lipinski definition) is 2. The fourth-order valence-electron chi connectivity index (χ4n) is 2.04. The first-order chi connectivity index (χ1) is 10.5. The Morgan fingerprint density at radius 1 is 1.09 bits per heavy atom. The molecule has 0 spiro atoms. The second-order valence-electron chi connectivity index (χ2n) is 5.16. The van der Waals surface area contributed by atoms with Gasteiger partial charge in [0.15, 0.2) is 5.11 Å². The topological polar surface area (TPSA) is 41.1 Å². The maximum atomic E-state index is 12.1. The van der Waals surface area contributed by atoms with Crippen LogP contribution in [0.4, 0.5) is 5.69 Å². The summed E-state index contributed by atoms with van der Waals surface area (Å²) in [6, 6.07) is 15.0. The molecule has 0 bridgehead atoms. The number of para-hydroxylation sites is 1. The van der Waals surface area contributed by atoms with Crippen molar-refractivity contribution in [3.05, 3.63) is 64.1 Å². The van der Waals surface area contributed by atoms with Gasteiger partial charge in [0.25, 0.3) is 5.91 Å². The second-order valence-corrected chi connectivity index (χ2v) is 6.48. The zero-order valence-corrected chi connectivity index (χ0v) is 14.8. The molecule has 0 fully saturated rings. The molecule has 0 aliphatic carbocycles. The summed E-state index contributed by atoms with van der Waals surface area (Å²) in [5.41, 5.74) is 2.63. The minimum Gasteiger partial charge on any atom is -0.332 e. The molecule has 114 valence electrons. The normalized spacial score (nSPS) is 10.4. The molecule has 0 aliphatic heterocycles. The van der Waals surface area contributed by atoms with Crippen LogP contribution >= 0.6 is 28.1 Å². The van der Waals surface area contributed by atoms with Crippen molar-refractivity contribution in [1.82, 2.24) is 5.32 Å². The van der Waals surface area contributed by atoms with Crippen molar-refractivity contribution < 1.29 is 4.79 Å². The highest BCUT2D eigenvalue weighted by Crippen LogP contribution is 2.23. The summed E-state index contributed by atoms with van der Waals surface area (Å²) in [4.78, 5) is 12.1. The Hall–Kier alpha value is -1.72. The van der Waals surface area contributed by atoms with Gasteiger partial charge in [-0.2, -0.15) is 0 Å². The lowest BCUT2D eigenvalue weighted by molar-refractivity contribution is 0.0977. The summed E-state index contributed by atoms with van der Waals surface area (Å²) in [5.74, 6) is 0.140. The molecular formula is C17H17BrN2OS. The van der Waals surface area contributed by atoms with E-state index in [4.69, 9.17) is 12.2 Å². The zero-order valence-electron chi connectivity index (χ0n) is 12.4. The van der Waals surface area contributed by atoms with Gasteiger partial charge in [-0.25, -0.2) is 0 Å². The first-order valence-corrected chi connectivity index (χ1v) is 8.14. The Bertz CT molecular complexity index is 683. The summed E-state index contributed by atoms with van der Waals surface area (Å²) < 4.78 is 0.926. The van der Waals surface area contributed by atoms with E-state index in [1.54, 1.807) is 12.1 Å². The quantitative estimate of drug-likeness (QED) is 0.762. The summed E-state index contributed by atoms with van der Waals surface area (Å²) in [7, 11) is 0. The zero-order chi connectivity index (χ0) is 16.1. The van der Waals surface area contributed by atoms with Gasteiger partial charge in [-0.3, -0.25) is 10.1 Å². The SMILES string of the molecule is CC(C)c1ccccc1NC(=S)NC(=O)c1ccc(Br)cc1. The van der Waals surface area contributed by atoms with E-state index in [2.05, 4.69) is 40.4 Å². The van der Waals surface area contributed by atoms with Gasteiger partial charge in [0.05, 0.1) is 0 Å². The molecule has 2 N–H and O–H groups in total. The number of hydrogen-bond donors (Lipinski definition) is 2. The molecule has 1 amide bonds. The molecule has 0 heterocycles. The third kappa shape index (κ3) is 4.39. The monoisotopic (exact) mass is 376 g/mol. The van der Waals surface area contributed by atoms with Crippen molar-refractivity contribution in [2.24, 2.45) is 0 Å². The number of carbonyl (C=O) groups excluding carboxylic acids is 1. The number of halogens is 1. The van der Waals surface area contributed by atoms with Gasteiger partial charge in [0.2, 0.25) is 0 Å². The number of anilines is 1. The lowest BCUT2D eigenvalue weighted by Gasteiger charge is -2.15. The molecule has 0 atom stereocenters. The van der Waals surface area contributed by atoms with Crippen molar-refractivity contribution in [2.45, 2.75) is 19.8 Å². The third-order valence-corrected chi connectivity index (χ3v) is 3.90. The highest BCUT2D eigenvalue weighted by Gasteiger charge is 2.10. The average Bonchev–Trinajstić information content (AvgIpc) is 2.48. The van der Waals surface area contributed by atoms with E-state index in [0.29, 0.717) is 16.6 Å². The van der Waals surface area contributed by atoms with Gasteiger partial charge in [-0.1, -0.05) is 48.0 Å². The van der Waals surface area contributed by atoms with Crippen LogP contribution in [0.3, 0.4) is 0 Å². The minimum atomic E-state index is -0.230. The Morgan fingerprint density at radius 2 is 1.73 bits per heavy atom. The Morgan fingerprint density at radius 3 is 2.36 bits per heavy atom. The first kappa shape index (κ1) is 16.6. The molecule has 5 heteroatoms. The first-order valence-electron chi connectivity index (χ1n) is 6.94. The van der Waals surface area contributed by atoms with Crippen molar-refractivity contribution in [2.75, 3.05) is 5.32 Å². The molecule has 2 rings (SSSR count). The van der Waals surface area contributed by atoms with E-state index in [1.807, 2.05) is 36.4 Å². The molecule has 0 saturated carbocycles. The standard InChI is InChI=1S/C17H17BrN2OS/c1-11(2)14-5-3-4-6-15(14)19-17(22)20-16(21)12-7-9-13(18)10-8-12/h3-11H,1-2H3,(H2,19,20,21,22). The van der Waals surface area contributed by atoms with Crippen LogP contribution in [0.5, 0.6) is 0 Å². The number of benzene rings is 2. The third-order valence-electron chi connectivity index (χ3n) is 3.16. The van der Waals surface area contributed by atoms with Crippen LogP contribution in [-0.2, 0) is 0 Å². The highest BCUT2D eigenvalue weighted by atomic mass is 79.9. The molecule has 0 aromatic heterocycles. The maximum Gasteiger partial charge on any atom is 0.257 e. The fourth-order valence-corrected chi connectivity index (χ4v) is 2.51. The number of rotatable bonds is 3. The van der Waals surface area contributed by atoms with Gasteiger partial charge in [0.1, 0.15) is 0 Å². The molecule has 2 aromatic rings. The highest BCUT2D eigenvalue weighted by molar-refractivity contribution is 9.10. The largest absolute Gasteiger partial charge is 0.332 e. The van der Waals surface area contributed by atoms with E-state index < -0.39 is 0 Å². The van der Waals surface area contributed by atoms with E-state index in [0.717, 1.165) is 15.7 Å². The van der Waals surface area contributed by atoms with Crippen LogP contribution in [0.1, 0.15) is 35.7 Å². The van der Waals surface area contributed by atoms with Crippen molar-refractivity contribution >= 4 is 44.9 Å². The minimum absolute atomic E-state index is 0.230. The molecule has 0 unspecified atom stereocenters. The van der Waals surface area contributed by atoms with Crippen LogP contribution in [0, 0.1) is 0 Å². The molecular weight excluding hydrogens is 360 g/mol. The second kappa shape index (κ2) is 7.51. The van der Waals surface area contributed by atoms with Gasteiger partial charge in [-0.05, 0) is 54.0 Å². The lowest BCUT2D eigenvalue weighted by Crippen LogP contribution is -2.34. The molecule has 0 saturated heterocycles.